The summed E-state index contributed by atoms with van der Waals surface area (Å²) in [5.41, 5.74) is 2.74. The van der Waals surface area contributed by atoms with E-state index >= 15 is 0 Å². The molecule has 0 spiro atoms. The fourth-order valence-corrected chi connectivity index (χ4v) is 4.85. The van der Waals surface area contributed by atoms with Crippen LogP contribution in [0.2, 0.25) is 0 Å². The Morgan fingerprint density at radius 1 is 1.11 bits per heavy atom. The number of amides is 2. The highest BCUT2D eigenvalue weighted by atomic mass is 16.5. The lowest BCUT2D eigenvalue weighted by Gasteiger charge is -2.26. The minimum absolute atomic E-state index is 0.0848. The van der Waals surface area contributed by atoms with Gasteiger partial charge in [-0.3, -0.25) is 14.2 Å². The molecule has 4 atom stereocenters. The number of imidazole rings is 1. The molecule has 2 amide bonds. The Balaban J connectivity index is 1.34. The van der Waals surface area contributed by atoms with Gasteiger partial charge in [0, 0.05) is 31.8 Å². The third-order valence-electron chi connectivity index (χ3n) is 7.17. The number of guanidine groups is 1. The zero-order valence-electron chi connectivity index (χ0n) is 25.3. The topological polar surface area (TPSA) is 181 Å². The zero-order chi connectivity index (χ0) is 31.7. The van der Waals surface area contributed by atoms with Crippen LogP contribution in [0.4, 0.5) is 17.2 Å². The van der Waals surface area contributed by atoms with Gasteiger partial charge in [-0.25, -0.2) is 9.98 Å². The molecule has 2 unspecified atom stereocenters. The van der Waals surface area contributed by atoms with Crippen molar-refractivity contribution in [1.29, 1.82) is 0 Å². The number of fused-ring (bicyclic) bond motifs is 1. The number of aliphatic imine (C=N–C) groups is 1. The number of rotatable bonds is 7. The normalized spacial score (nSPS) is 21.2. The molecule has 4 aromatic rings. The Bertz CT molecular complexity index is 1740. The van der Waals surface area contributed by atoms with Crippen LogP contribution in [0.1, 0.15) is 53.6 Å². The first-order valence-electron chi connectivity index (χ1n) is 14.8. The van der Waals surface area contributed by atoms with Gasteiger partial charge in [0.25, 0.3) is 0 Å². The molecule has 6 rings (SSSR count). The molecule has 0 saturated carbocycles. The fourth-order valence-electron chi connectivity index (χ4n) is 4.85. The molecule has 2 aliphatic rings. The molecule has 0 aliphatic carbocycles. The predicted octanol–water partition coefficient (Wildman–Crippen LogP) is 3.89. The molecule has 5 N–H and O–H groups in total. The molecule has 1 fully saturated rings. The van der Waals surface area contributed by atoms with Gasteiger partial charge >= 0.3 is 0 Å². The van der Waals surface area contributed by atoms with Crippen molar-refractivity contribution in [3.05, 3.63) is 60.6 Å². The van der Waals surface area contributed by atoms with Gasteiger partial charge in [-0.2, -0.15) is 0 Å². The largest absolute Gasteiger partial charge is 0.416 e. The van der Waals surface area contributed by atoms with Crippen molar-refractivity contribution in [2.75, 3.05) is 16.0 Å². The Kier molecular flexibility index (Phi) is 7.50. The number of aliphatic hydroxyl groups is 1. The first-order valence-corrected chi connectivity index (χ1v) is 14.1. The lowest BCUT2D eigenvalue weighted by atomic mass is 10.1. The summed E-state index contributed by atoms with van der Waals surface area (Å²) >= 11 is 0. The van der Waals surface area contributed by atoms with Gasteiger partial charge < -0.3 is 35.5 Å². The molecule has 4 heterocycles. The quantitative estimate of drug-likeness (QED) is 0.209. The Morgan fingerprint density at radius 3 is 2.59 bits per heavy atom. The van der Waals surface area contributed by atoms with Crippen LogP contribution in [0.25, 0.3) is 22.9 Å². The van der Waals surface area contributed by atoms with E-state index in [-0.39, 0.29) is 42.9 Å². The maximum Gasteiger partial charge on any atom is 0.248 e. The highest BCUT2D eigenvalue weighted by molar-refractivity contribution is 6.08. The second-order valence-corrected chi connectivity index (χ2v) is 10.8. The number of carbonyl (C=O) groups is 2. The molecule has 228 valence electrons. The Labute approximate surface area is 254 Å². The molecule has 0 bridgehead atoms. The fraction of sp³-hybridized carbons (Fsp3) is 0.333. The van der Waals surface area contributed by atoms with Crippen LogP contribution >= 0.6 is 0 Å². The smallest absolute Gasteiger partial charge is 0.248 e. The van der Waals surface area contributed by atoms with Crippen molar-refractivity contribution in [2.24, 2.45) is 10.9 Å². The number of hydrogen-bond acceptors (Lipinski definition) is 11. The number of hydrogen-bond donors (Lipinski definition) is 5. The van der Waals surface area contributed by atoms with Gasteiger partial charge in [-0.05, 0) is 37.2 Å². The highest BCUT2D eigenvalue weighted by Crippen LogP contribution is 2.37. The maximum absolute atomic E-state index is 12.7. The van der Waals surface area contributed by atoms with Crippen LogP contribution in [0, 0.1) is 5.92 Å². The third-order valence-corrected chi connectivity index (χ3v) is 7.17. The second kappa shape index (κ2) is 11.9. The van der Waals surface area contributed by atoms with Crippen LogP contribution in [-0.2, 0) is 14.3 Å². The molecule has 14 heteroatoms. The van der Waals surface area contributed by atoms with Crippen molar-refractivity contribution >= 4 is 35.0 Å². The molecule has 1 saturated heterocycles. The minimum atomic E-state index is -0.852. The second-order valence-electron chi connectivity index (χ2n) is 10.8. The molecule has 0 radical (unpaired) electrons. The highest BCUT2D eigenvalue weighted by Gasteiger charge is 2.36. The van der Waals surface area contributed by atoms with Crippen molar-refractivity contribution in [2.45, 2.75) is 58.7 Å². The van der Waals surface area contributed by atoms with Gasteiger partial charge in [-0.15, -0.1) is 10.2 Å². The standard InChI is InChI=1S/C30H33N9O5/c1-15(2)27(42)34-25-24-26(39(14-31-24)23-13-22(41)16(3)43-23)36-30(35-25)33-21-12-19(10-11-20(21)32-17(4)40)29-38-37-28(44-29)18-8-6-5-7-9-18/h5-12,14-16,22-23,25,41H,13H2,1-4H3,(H,32,40)(H,34,42)(H2,33,35,36)/t16-,22?,23-,25?/m1/s1/i3D. The van der Waals surface area contributed by atoms with E-state index in [4.69, 9.17) is 15.5 Å². The van der Waals surface area contributed by atoms with Crippen LogP contribution in [0.15, 0.2) is 64.3 Å². The summed E-state index contributed by atoms with van der Waals surface area (Å²) in [7, 11) is 0. The molecule has 2 aromatic heterocycles. The van der Waals surface area contributed by atoms with Crippen molar-refractivity contribution < 1.29 is 25.2 Å². The number of ether oxygens (including phenoxy) is 1. The summed E-state index contributed by atoms with van der Waals surface area (Å²) < 4.78 is 21.3. The molecule has 2 aliphatic heterocycles. The van der Waals surface area contributed by atoms with E-state index < -0.39 is 24.6 Å². The van der Waals surface area contributed by atoms with Crippen LogP contribution in [0.3, 0.4) is 0 Å². The van der Waals surface area contributed by atoms with E-state index in [2.05, 4.69) is 36.4 Å². The van der Waals surface area contributed by atoms with E-state index in [1.165, 1.54) is 6.92 Å². The molecule has 14 nitrogen and oxygen atoms in total. The number of aromatic nitrogens is 4. The molecular formula is C30H33N9O5. The van der Waals surface area contributed by atoms with E-state index in [0.717, 1.165) is 5.56 Å². The molecule has 44 heavy (non-hydrogen) atoms. The predicted molar refractivity (Wildman–Crippen MR) is 162 cm³/mol. The Hall–Kier alpha value is -5.08. The summed E-state index contributed by atoms with van der Waals surface area (Å²) in [5, 5.41) is 31.0. The first-order chi connectivity index (χ1) is 21.7. The summed E-state index contributed by atoms with van der Waals surface area (Å²) in [6.45, 7) is 4.87. The van der Waals surface area contributed by atoms with E-state index in [1.807, 2.05) is 30.3 Å². The van der Waals surface area contributed by atoms with Gasteiger partial charge in [0.1, 0.15) is 17.7 Å². The SMILES string of the molecule is [2H]C[C@H]1O[C@@H](n2cnc3c2NC(Nc2cc(-c4nnc(-c5ccccc5)o4)ccc2NC(C)=O)=NC3NC(=O)C(C)C)CC1O. The van der Waals surface area contributed by atoms with Crippen LogP contribution in [-0.4, -0.2) is 54.8 Å². The lowest BCUT2D eigenvalue weighted by Crippen LogP contribution is -2.37. The average Bonchev–Trinajstić information content (AvgIpc) is 3.77. The minimum Gasteiger partial charge on any atom is -0.416 e. The number of aliphatic hydroxyl groups excluding tert-OH is 1. The van der Waals surface area contributed by atoms with Crippen LogP contribution in [0.5, 0.6) is 0 Å². The summed E-state index contributed by atoms with van der Waals surface area (Å²) in [6, 6.07) is 14.6. The number of nitrogens with zero attached hydrogens (tertiary/aromatic N) is 5. The third kappa shape index (κ3) is 5.89. The monoisotopic (exact) mass is 600 g/mol. The van der Waals surface area contributed by atoms with E-state index in [1.54, 1.807) is 42.9 Å². The van der Waals surface area contributed by atoms with Crippen molar-refractivity contribution in [3.63, 3.8) is 0 Å². The summed E-state index contributed by atoms with van der Waals surface area (Å²) in [6.07, 6.45) is -1.05. The molecule has 2 aromatic carbocycles. The van der Waals surface area contributed by atoms with Gasteiger partial charge in [0.2, 0.25) is 29.6 Å². The number of anilines is 3. The van der Waals surface area contributed by atoms with Crippen molar-refractivity contribution in [3.8, 4) is 22.9 Å². The lowest BCUT2D eigenvalue weighted by molar-refractivity contribution is -0.124. The van der Waals surface area contributed by atoms with Gasteiger partial charge in [0.05, 0.1) is 29.9 Å². The molecular weight excluding hydrogens is 566 g/mol. The summed E-state index contributed by atoms with van der Waals surface area (Å²) in [4.78, 5) is 34.0. The average molecular weight is 601 g/mol. The zero-order valence-corrected chi connectivity index (χ0v) is 24.3. The first kappa shape index (κ1) is 27.7. The number of benzene rings is 2. The number of carbonyl (C=O) groups excluding carboxylic acids is 2. The van der Waals surface area contributed by atoms with Crippen molar-refractivity contribution in [1.82, 2.24) is 25.1 Å². The van der Waals surface area contributed by atoms with Gasteiger partial charge in [0.15, 0.2) is 6.17 Å². The van der Waals surface area contributed by atoms with E-state index in [9.17, 15) is 14.7 Å². The Morgan fingerprint density at radius 2 is 1.89 bits per heavy atom. The van der Waals surface area contributed by atoms with Gasteiger partial charge in [-0.1, -0.05) is 32.0 Å². The van der Waals surface area contributed by atoms with Crippen LogP contribution < -0.4 is 21.3 Å². The summed E-state index contributed by atoms with van der Waals surface area (Å²) in [5.74, 6) is 0.560. The van der Waals surface area contributed by atoms with E-state index in [0.29, 0.717) is 34.3 Å². The maximum atomic E-state index is 12.7. The number of nitrogens with one attached hydrogen (secondary N) is 4.